The summed E-state index contributed by atoms with van der Waals surface area (Å²) in [5.74, 6) is 0.0632. The zero-order valence-corrected chi connectivity index (χ0v) is 23.6. The number of carbonyl (C=O) groups is 2. The molecule has 214 valence electrons. The van der Waals surface area contributed by atoms with Crippen molar-refractivity contribution in [3.05, 3.63) is 52.6 Å². The molecule has 0 spiro atoms. The molecule has 2 fully saturated rings. The fourth-order valence-electron chi connectivity index (χ4n) is 5.24. The number of aromatic nitrogens is 2. The number of benzene rings is 1. The van der Waals surface area contributed by atoms with E-state index in [1.54, 1.807) is 29.0 Å². The Kier molecular flexibility index (Phi) is 10.9. The minimum atomic E-state index is -0.560. The highest BCUT2D eigenvalue weighted by Gasteiger charge is 2.26. The van der Waals surface area contributed by atoms with E-state index in [1.807, 2.05) is 24.3 Å². The molecule has 4 rings (SSSR count). The van der Waals surface area contributed by atoms with E-state index >= 15 is 0 Å². The van der Waals surface area contributed by atoms with Gasteiger partial charge in [0.1, 0.15) is 5.82 Å². The molecule has 11 nitrogen and oxygen atoms in total. The highest BCUT2D eigenvalue weighted by atomic mass is 35.5. The summed E-state index contributed by atoms with van der Waals surface area (Å²) in [5.41, 5.74) is 13.2. The SMILES string of the molecule is CCN(Cc1ccc(-n2ccc(NC(=O)N3CCN(C(=O)C(C)N)CC3)nc2=O)cc1)C1CCC(N)CC1.Cl. The molecular weight excluding hydrogens is 520 g/mol. The Balaban J connectivity index is 0.00000420. The van der Waals surface area contributed by atoms with Gasteiger partial charge in [-0.3, -0.25) is 19.6 Å². The fourth-order valence-corrected chi connectivity index (χ4v) is 5.24. The summed E-state index contributed by atoms with van der Waals surface area (Å²) >= 11 is 0. The van der Waals surface area contributed by atoms with Crippen molar-refractivity contribution in [2.45, 2.75) is 64.2 Å². The van der Waals surface area contributed by atoms with E-state index in [2.05, 4.69) is 22.1 Å². The molecule has 1 saturated carbocycles. The van der Waals surface area contributed by atoms with Gasteiger partial charge in [0.15, 0.2) is 0 Å². The first kappa shape index (κ1) is 30.6. The van der Waals surface area contributed by atoms with Gasteiger partial charge in [-0.25, -0.2) is 9.59 Å². The second-order valence-corrected chi connectivity index (χ2v) is 10.3. The number of nitrogens with two attached hydrogens (primary N) is 2. The van der Waals surface area contributed by atoms with Crippen LogP contribution in [-0.4, -0.2) is 87.0 Å². The Hall–Kier alpha value is -2.99. The predicted octanol–water partition coefficient (Wildman–Crippen LogP) is 1.77. The summed E-state index contributed by atoms with van der Waals surface area (Å²) in [6, 6.07) is 9.53. The molecule has 12 heteroatoms. The third-order valence-corrected chi connectivity index (χ3v) is 7.57. The van der Waals surface area contributed by atoms with Crippen molar-refractivity contribution >= 4 is 30.2 Å². The fraction of sp³-hybridized carbons (Fsp3) is 0.556. The molecule has 39 heavy (non-hydrogen) atoms. The number of urea groups is 1. The molecule has 2 aromatic rings. The molecule has 1 atom stereocenters. The zero-order chi connectivity index (χ0) is 27.2. The van der Waals surface area contributed by atoms with Gasteiger partial charge in [0, 0.05) is 51.0 Å². The highest BCUT2D eigenvalue weighted by Crippen LogP contribution is 2.24. The number of carbonyl (C=O) groups excluding carboxylic acids is 2. The average molecular weight is 561 g/mol. The maximum absolute atomic E-state index is 12.7. The average Bonchev–Trinajstić information content (AvgIpc) is 2.92. The first-order valence-corrected chi connectivity index (χ1v) is 13.5. The summed E-state index contributed by atoms with van der Waals surface area (Å²) in [5, 5.41) is 2.69. The highest BCUT2D eigenvalue weighted by molar-refractivity contribution is 5.88. The van der Waals surface area contributed by atoms with Crippen molar-refractivity contribution in [1.82, 2.24) is 24.3 Å². The Morgan fingerprint density at radius 1 is 1.05 bits per heavy atom. The molecule has 2 heterocycles. The number of piperazine rings is 1. The molecule has 0 radical (unpaired) electrons. The first-order valence-electron chi connectivity index (χ1n) is 13.5. The van der Waals surface area contributed by atoms with Crippen LogP contribution >= 0.6 is 12.4 Å². The van der Waals surface area contributed by atoms with Crippen LogP contribution in [0.15, 0.2) is 41.3 Å². The van der Waals surface area contributed by atoms with Crippen LogP contribution in [0.3, 0.4) is 0 Å². The standard InChI is InChI=1S/C27H40N8O3.ClH/c1-3-32(22-10-6-21(29)7-11-22)18-20-4-8-23(9-5-20)35-13-12-24(31-27(35)38)30-26(37)34-16-14-33(15-17-34)25(36)19(2)28;/h4-5,8-9,12-13,19,21-22H,3,6-7,10-11,14-18,28-29H2,1-2H3,(H,30,31,37,38);1H. The van der Waals surface area contributed by atoms with Crippen LogP contribution in [0.2, 0.25) is 0 Å². The largest absolute Gasteiger partial charge is 0.354 e. The van der Waals surface area contributed by atoms with Gasteiger partial charge < -0.3 is 21.3 Å². The van der Waals surface area contributed by atoms with E-state index in [4.69, 9.17) is 11.5 Å². The van der Waals surface area contributed by atoms with E-state index in [0.717, 1.165) is 38.8 Å². The number of nitrogens with zero attached hydrogens (tertiary/aromatic N) is 5. The first-order chi connectivity index (χ1) is 18.2. The van der Waals surface area contributed by atoms with E-state index < -0.39 is 11.7 Å². The number of rotatable bonds is 7. The van der Waals surface area contributed by atoms with Crippen LogP contribution in [-0.2, 0) is 11.3 Å². The van der Waals surface area contributed by atoms with Crippen molar-refractivity contribution in [3.63, 3.8) is 0 Å². The number of hydrogen-bond donors (Lipinski definition) is 3. The monoisotopic (exact) mass is 560 g/mol. The van der Waals surface area contributed by atoms with E-state index in [-0.39, 0.29) is 30.2 Å². The van der Waals surface area contributed by atoms with Gasteiger partial charge in [-0.2, -0.15) is 4.98 Å². The quantitative estimate of drug-likeness (QED) is 0.468. The lowest BCUT2D eigenvalue weighted by Crippen LogP contribution is -2.54. The Bertz CT molecular complexity index is 1160. The van der Waals surface area contributed by atoms with Crippen LogP contribution in [0, 0.1) is 0 Å². The third-order valence-electron chi connectivity index (χ3n) is 7.57. The topological polar surface area (TPSA) is 143 Å². The third kappa shape index (κ3) is 7.78. The maximum atomic E-state index is 12.7. The Morgan fingerprint density at radius 2 is 1.67 bits per heavy atom. The van der Waals surface area contributed by atoms with Crippen molar-refractivity contribution in [2.75, 3.05) is 38.0 Å². The number of nitrogens with one attached hydrogen (secondary N) is 1. The molecule has 1 aromatic carbocycles. The lowest BCUT2D eigenvalue weighted by molar-refractivity contribution is -0.133. The molecule has 1 unspecified atom stereocenters. The molecule has 1 aliphatic heterocycles. The van der Waals surface area contributed by atoms with Crippen LogP contribution in [0.4, 0.5) is 10.6 Å². The molecule has 3 amide bonds. The summed E-state index contributed by atoms with van der Waals surface area (Å²) < 4.78 is 1.46. The molecule has 0 bridgehead atoms. The maximum Gasteiger partial charge on any atom is 0.354 e. The van der Waals surface area contributed by atoms with Gasteiger partial charge in [0.25, 0.3) is 0 Å². The summed E-state index contributed by atoms with van der Waals surface area (Å²) in [7, 11) is 0. The van der Waals surface area contributed by atoms with Crippen LogP contribution in [0.25, 0.3) is 5.69 Å². The van der Waals surface area contributed by atoms with Gasteiger partial charge in [-0.05, 0) is 62.9 Å². The zero-order valence-electron chi connectivity index (χ0n) is 22.8. The van der Waals surface area contributed by atoms with Crippen molar-refractivity contribution < 1.29 is 9.59 Å². The minimum absolute atomic E-state index is 0. The van der Waals surface area contributed by atoms with Gasteiger partial charge in [-0.1, -0.05) is 19.1 Å². The molecule has 1 saturated heterocycles. The van der Waals surface area contributed by atoms with Gasteiger partial charge in [0.2, 0.25) is 5.91 Å². The Morgan fingerprint density at radius 3 is 2.23 bits per heavy atom. The summed E-state index contributed by atoms with van der Waals surface area (Å²) in [6.07, 6.45) is 6.06. The smallest absolute Gasteiger partial charge is 0.338 e. The summed E-state index contributed by atoms with van der Waals surface area (Å²) in [6.45, 7) is 7.31. The normalized spacial score (nSPS) is 20.3. The van der Waals surface area contributed by atoms with E-state index in [0.29, 0.717) is 44.0 Å². The second-order valence-electron chi connectivity index (χ2n) is 10.3. The Labute approximate surface area is 235 Å². The number of anilines is 1. The molecule has 5 N–H and O–H groups in total. The lowest BCUT2D eigenvalue weighted by atomic mass is 9.90. The minimum Gasteiger partial charge on any atom is -0.338 e. The van der Waals surface area contributed by atoms with Gasteiger partial charge in [-0.15, -0.1) is 12.4 Å². The van der Waals surface area contributed by atoms with Gasteiger partial charge in [0.05, 0.1) is 11.7 Å². The van der Waals surface area contributed by atoms with Crippen LogP contribution in [0.5, 0.6) is 0 Å². The number of hydrogen-bond acceptors (Lipinski definition) is 7. The van der Waals surface area contributed by atoms with E-state index in [1.165, 1.54) is 10.1 Å². The van der Waals surface area contributed by atoms with Crippen LogP contribution < -0.4 is 22.5 Å². The number of amides is 3. The van der Waals surface area contributed by atoms with Crippen molar-refractivity contribution in [3.8, 4) is 5.69 Å². The molecule has 1 aliphatic carbocycles. The summed E-state index contributed by atoms with van der Waals surface area (Å²) in [4.78, 5) is 47.2. The number of halogens is 1. The second kappa shape index (κ2) is 13.9. The molecule has 2 aliphatic rings. The van der Waals surface area contributed by atoms with Crippen molar-refractivity contribution in [2.24, 2.45) is 11.5 Å². The lowest BCUT2D eigenvalue weighted by Gasteiger charge is -2.35. The van der Waals surface area contributed by atoms with Crippen molar-refractivity contribution in [1.29, 1.82) is 0 Å². The van der Waals surface area contributed by atoms with Crippen LogP contribution in [0.1, 0.15) is 45.1 Å². The van der Waals surface area contributed by atoms with E-state index in [9.17, 15) is 14.4 Å². The molecular formula is C27H41ClN8O3. The van der Waals surface area contributed by atoms with Gasteiger partial charge >= 0.3 is 11.7 Å². The predicted molar refractivity (Wildman–Crippen MR) is 154 cm³/mol. The molecule has 1 aromatic heterocycles.